The second kappa shape index (κ2) is 6.88. The van der Waals surface area contributed by atoms with Crippen molar-refractivity contribution in [1.82, 2.24) is 10.3 Å². The van der Waals surface area contributed by atoms with Gasteiger partial charge in [-0.05, 0) is 38.3 Å². The van der Waals surface area contributed by atoms with Crippen molar-refractivity contribution < 1.29 is 14.7 Å². The maximum absolute atomic E-state index is 11.9. The molecule has 1 unspecified atom stereocenters. The highest BCUT2D eigenvalue weighted by Crippen LogP contribution is 2.06. The number of carbonyl (C=O) groups is 2. The largest absolute Gasteiger partial charge is 0.481 e. The molecule has 0 aliphatic carbocycles. The van der Waals surface area contributed by atoms with E-state index in [0.29, 0.717) is 30.6 Å². The molecule has 110 valence electrons. The number of hydrogen-bond acceptors (Lipinski definition) is 3. The first-order chi connectivity index (χ1) is 9.32. The average Bonchev–Trinajstić information content (AvgIpc) is 2.32. The Labute approximate surface area is 117 Å². The van der Waals surface area contributed by atoms with Gasteiger partial charge in [-0.1, -0.05) is 6.92 Å². The molecule has 1 aromatic rings. The molecule has 0 aliphatic rings. The minimum absolute atomic E-state index is 0.113. The van der Waals surface area contributed by atoms with Gasteiger partial charge < -0.3 is 15.4 Å². The fourth-order valence-electron chi connectivity index (χ4n) is 1.96. The summed E-state index contributed by atoms with van der Waals surface area (Å²) in [5.41, 5.74) is 1.04. The maximum Gasteiger partial charge on any atom is 0.306 e. The van der Waals surface area contributed by atoms with E-state index in [0.717, 1.165) is 0 Å². The van der Waals surface area contributed by atoms with Gasteiger partial charge in [0, 0.05) is 12.2 Å². The Kier molecular flexibility index (Phi) is 5.49. The number of carboxylic acid groups (broad SMARTS) is 1. The molecule has 3 N–H and O–H groups in total. The molecule has 1 amide bonds. The summed E-state index contributed by atoms with van der Waals surface area (Å²) in [7, 11) is 0. The molecule has 1 aromatic heterocycles. The van der Waals surface area contributed by atoms with Gasteiger partial charge in [0.2, 0.25) is 0 Å². The number of aliphatic carboxylic acids is 1. The number of rotatable bonds is 6. The smallest absolute Gasteiger partial charge is 0.306 e. The van der Waals surface area contributed by atoms with Gasteiger partial charge >= 0.3 is 5.97 Å². The van der Waals surface area contributed by atoms with Crippen LogP contribution in [0.5, 0.6) is 0 Å². The summed E-state index contributed by atoms with van der Waals surface area (Å²) in [5.74, 6) is -1.70. The van der Waals surface area contributed by atoms with Crippen LogP contribution in [0.1, 0.15) is 41.4 Å². The van der Waals surface area contributed by atoms with Gasteiger partial charge in [0.1, 0.15) is 5.56 Å². The van der Waals surface area contributed by atoms with Crippen LogP contribution in [0.15, 0.2) is 10.9 Å². The summed E-state index contributed by atoms with van der Waals surface area (Å²) >= 11 is 0. The predicted molar refractivity (Wildman–Crippen MR) is 74.9 cm³/mol. The van der Waals surface area contributed by atoms with Crippen molar-refractivity contribution in [3.05, 3.63) is 33.2 Å². The number of H-pyrrole nitrogens is 1. The Balaban J connectivity index is 2.56. The zero-order chi connectivity index (χ0) is 15.3. The third-order valence-electron chi connectivity index (χ3n) is 3.11. The van der Waals surface area contributed by atoms with Gasteiger partial charge in [-0.3, -0.25) is 14.4 Å². The SMILES string of the molecule is Cc1cc(C)c(C(=O)NCCCC(C)C(=O)O)c(=O)[nH]1. The van der Waals surface area contributed by atoms with Crippen molar-refractivity contribution in [1.29, 1.82) is 0 Å². The van der Waals surface area contributed by atoms with Gasteiger partial charge in [0.25, 0.3) is 11.5 Å². The van der Waals surface area contributed by atoms with Crippen molar-refractivity contribution in [3.63, 3.8) is 0 Å². The van der Waals surface area contributed by atoms with Crippen LogP contribution >= 0.6 is 0 Å². The van der Waals surface area contributed by atoms with E-state index in [1.807, 2.05) is 0 Å². The molecular formula is C14H20N2O4. The zero-order valence-electron chi connectivity index (χ0n) is 11.9. The lowest BCUT2D eigenvalue weighted by Gasteiger charge is -2.09. The van der Waals surface area contributed by atoms with E-state index in [1.165, 1.54) is 0 Å². The molecule has 0 aliphatic heterocycles. The van der Waals surface area contributed by atoms with Crippen molar-refractivity contribution in [3.8, 4) is 0 Å². The van der Waals surface area contributed by atoms with E-state index in [-0.39, 0.29) is 5.56 Å². The lowest BCUT2D eigenvalue weighted by Crippen LogP contribution is -2.31. The van der Waals surface area contributed by atoms with Crippen molar-refractivity contribution in [2.24, 2.45) is 5.92 Å². The number of amides is 1. The highest BCUT2D eigenvalue weighted by molar-refractivity contribution is 5.95. The van der Waals surface area contributed by atoms with Gasteiger partial charge in [-0.25, -0.2) is 0 Å². The third kappa shape index (κ3) is 4.22. The fourth-order valence-corrected chi connectivity index (χ4v) is 1.96. The minimum Gasteiger partial charge on any atom is -0.481 e. The second-order valence-electron chi connectivity index (χ2n) is 4.98. The van der Waals surface area contributed by atoms with Gasteiger partial charge in [-0.2, -0.15) is 0 Å². The fraction of sp³-hybridized carbons (Fsp3) is 0.500. The summed E-state index contributed by atoms with van der Waals surface area (Å²) in [6.45, 7) is 5.44. The molecule has 1 heterocycles. The monoisotopic (exact) mass is 280 g/mol. The first kappa shape index (κ1) is 15.9. The van der Waals surface area contributed by atoms with Crippen LogP contribution in [0.4, 0.5) is 0 Å². The van der Waals surface area contributed by atoms with Crippen molar-refractivity contribution >= 4 is 11.9 Å². The van der Waals surface area contributed by atoms with Crippen molar-refractivity contribution in [2.45, 2.75) is 33.6 Å². The first-order valence-corrected chi connectivity index (χ1v) is 6.54. The molecule has 0 bridgehead atoms. The molecule has 0 aromatic carbocycles. The molecule has 0 fully saturated rings. The Morgan fingerprint density at radius 3 is 2.60 bits per heavy atom. The predicted octanol–water partition coefficient (Wildman–Crippen LogP) is 1.22. The lowest BCUT2D eigenvalue weighted by atomic mass is 10.1. The summed E-state index contributed by atoms with van der Waals surface area (Å²) < 4.78 is 0. The van der Waals surface area contributed by atoms with Crippen molar-refractivity contribution in [2.75, 3.05) is 6.54 Å². The number of hydrogen-bond donors (Lipinski definition) is 3. The molecule has 1 atom stereocenters. The van der Waals surface area contributed by atoms with Crippen LogP contribution in [0.3, 0.4) is 0 Å². The Morgan fingerprint density at radius 1 is 1.40 bits per heavy atom. The van der Waals surface area contributed by atoms with Crippen LogP contribution in [0.25, 0.3) is 0 Å². The molecule has 0 saturated carbocycles. The zero-order valence-corrected chi connectivity index (χ0v) is 11.9. The quantitative estimate of drug-likeness (QED) is 0.682. The summed E-state index contributed by atoms with van der Waals surface area (Å²) in [4.78, 5) is 36.9. The minimum atomic E-state index is -0.845. The summed E-state index contributed by atoms with van der Waals surface area (Å²) in [6.07, 6.45) is 1.04. The van der Waals surface area contributed by atoms with E-state index in [9.17, 15) is 14.4 Å². The lowest BCUT2D eigenvalue weighted by molar-refractivity contribution is -0.141. The Bertz CT molecular complexity index is 563. The van der Waals surface area contributed by atoms with Gasteiger partial charge in [0.15, 0.2) is 0 Å². The number of aryl methyl sites for hydroxylation is 2. The van der Waals surface area contributed by atoms with Crippen LogP contribution in [0.2, 0.25) is 0 Å². The van der Waals surface area contributed by atoms with E-state index < -0.39 is 23.4 Å². The second-order valence-corrected chi connectivity index (χ2v) is 4.98. The third-order valence-corrected chi connectivity index (χ3v) is 3.11. The standard InChI is InChI=1S/C14H20N2O4/c1-8(14(19)20)5-4-6-15-12(17)11-9(2)7-10(3)16-13(11)18/h7-8H,4-6H2,1-3H3,(H,15,17)(H,16,18)(H,19,20). The molecule has 20 heavy (non-hydrogen) atoms. The number of aromatic amines is 1. The molecule has 0 saturated heterocycles. The first-order valence-electron chi connectivity index (χ1n) is 6.54. The highest BCUT2D eigenvalue weighted by Gasteiger charge is 2.14. The number of carboxylic acids is 1. The Morgan fingerprint density at radius 2 is 2.05 bits per heavy atom. The number of nitrogens with one attached hydrogen (secondary N) is 2. The molecule has 0 spiro atoms. The number of pyridine rings is 1. The number of carbonyl (C=O) groups excluding carboxylic acids is 1. The molecule has 1 rings (SSSR count). The molecular weight excluding hydrogens is 260 g/mol. The molecule has 6 heteroatoms. The van der Waals surface area contributed by atoms with Gasteiger partial charge in [-0.15, -0.1) is 0 Å². The van der Waals surface area contributed by atoms with E-state index in [1.54, 1.807) is 26.8 Å². The normalized spacial score (nSPS) is 11.9. The van der Waals surface area contributed by atoms with Crippen LogP contribution in [-0.4, -0.2) is 28.5 Å². The van der Waals surface area contributed by atoms with E-state index >= 15 is 0 Å². The summed E-state index contributed by atoms with van der Waals surface area (Å²) in [6, 6.07) is 1.74. The Hall–Kier alpha value is -2.11. The number of aromatic nitrogens is 1. The average molecular weight is 280 g/mol. The molecule has 6 nitrogen and oxygen atoms in total. The van der Waals surface area contributed by atoms with E-state index in [4.69, 9.17) is 5.11 Å². The molecule has 0 radical (unpaired) electrons. The van der Waals surface area contributed by atoms with Crippen LogP contribution in [0, 0.1) is 19.8 Å². The highest BCUT2D eigenvalue weighted by atomic mass is 16.4. The van der Waals surface area contributed by atoms with Crippen LogP contribution in [-0.2, 0) is 4.79 Å². The van der Waals surface area contributed by atoms with E-state index in [2.05, 4.69) is 10.3 Å². The topological polar surface area (TPSA) is 99.3 Å². The summed E-state index contributed by atoms with van der Waals surface area (Å²) in [5, 5.41) is 11.4. The maximum atomic E-state index is 11.9. The van der Waals surface area contributed by atoms with Crippen LogP contribution < -0.4 is 10.9 Å². The van der Waals surface area contributed by atoms with Gasteiger partial charge in [0.05, 0.1) is 5.92 Å².